The lowest BCUT2D eigenvalue weighted by molar-refractivity contribution is -0.140. The number of aryl methyl sites for hydroxylation is 1. The highest BCUT2D eigenvalue weighted by atomic mass is 32.2. The summed E-state index contributed by atoms with van der Waals surface area (Å²) in [5.41, 5.74) is 2.78. The van der Waals surface area contributed by atoms with Crippen LogP contribution in [0.15, 0.2) is 42.5 Å². The van der Waals surface area contributed by atoms with Crippen molar-refractivity contribution in [2.45, 2.75) is 65.3 Å². The second-order valence-electron chi connectivity index (χ2n) is 10.4. The monoisotopic (exact) mass is 613 g/mol. The molecule has 0 unspecified atom stereocenters. The van der Waals surface area contributed by atoms with Crippen molar-refractivity contribution < 1.29 is 33.4 Å². The molecule has 1 heterocycles. The van der Waals surface area contributed by atoms with Gasteiger partial charge in [0, 0.05) is 11.3 Å². The number of rotatable bonds is 16. The van der Waals surface area contributed by atoms with Crippen molar-refractivity contribution in [3.8, 4) is 17.1 Å². The van der Waals surface area contributed by atoms with Crippen molar-refractivity contribution >= 4 is 29.6 Å². The lowest BCUT2D eigenvalue weighted by Crippen LogP contribution is -2.34. The van der Waals surface area contributed by atoms with Crippen LogP contribution in [-0.2, 0) is 33.8 Å². The van der Waals surface area contributed by atoms with Crippen LogP contribution in [0.3, 0.4) is 0 Å². The molecule has 1 amide bonds. The predicted octanol–water partition coefficient (Wildman–Crippen LogP) is 5.72. The van der Waals surface area contributed by atoms with Crippen LogP contribution in [0.1, 0.15) is 67.8 Å². The lowest BCUT2D eigenvalue weighted by Gasteiger charge is -2.19. The number of esters is 1. The number of carbonyl (C=O) groups is 3. The first-order chi connectivity index (χ1) is 20.6. The minimum Gasteiger partial charge on any atom is -0.478 e. The fourth-order valence-electron chi connectivity index (χ4n) is 4.68. The van der Waals surface area contributed by atoms with Gasteiger partial charge < -0.3 is 19.9 Å². The summed E-state index contributed by atoms with van der Waals surface area (Å²) in [6.07, 6.45) is 1.44. The molecular formula is C32H40FN3O6S. The van der Waals surface area contributed by atoms with Gasteiger partial charge in [0.15, 0.2) is 0 Å². The highest BCUT2D eigenvalue weighted by Crippen LogP contribution is 2.28. The van der Waals surface area contributed by atoms with Crippen molar-refractivity contribution in [3.63, 3.8) is 0 Å². The molecule has 2 aromatic carbocycles. The van der Waals surface area contributed by atoms with E-state index in [0.29, 0.717) is 53.6 Å². The van der Waals surface area contributed by atoms with Crippen LogP contribution < -0.4 is 10.1 Å². The van der Waals surface area contributed by atoms with E-state index in [4.69, 9.17) is 9.47 Å². The number of thioether (sulfide) groups is 1. The Kier molecular flexibility index (Phi) is 12.6. The average Bonchev–Trinajstić information content (AvgIpc) is 3.31. The zero-order valence-corrected chi connectivity index (χ0v) is 26.1. The molecule has 0 aliphatic carbocycles. The van der Waals surface area contributed by atoms with Gasteiger partial charge in [-0.25, -0.2) is 9.18 Å². The summed E-state index contributed by atoms with van der Waals surface area (Å²) in [5.74, 6) is -1.31. The molecule has 9 nitrogen and oxygen atoms in total. The normalized spacial score (nSPS) is 11.8. The third-order valence-corrected chi connectivity index (χ3v) is 8.09. The van der Waals surface area contributed by atoms with E-state index in [9.17, 15) is 19.5 Å². The lowest BCUT2D eigenvalue weighted by atomic mass is 9.98. The number of aromatic nitrogens is 2. The van der Waals surface area contributed by atoms with E-state index in [-0.39, 0.29) is 48.1 Å². The maximum atomic E-state index is 15.5. The number of hydrogen-bond acceptors (Lipinski definition) is 7. The minimum absolute atomic E-state index is 0.0905. The third kappa shape index (κ3) is 9.06. The zero-order chi connectivity index (χ0) is 31.5. The summed E-state index contributed by atoms with van der Waals surface area (Å²) in [6, 6.07) is 11.5. The summed E-state index contributed by atoms with van der Waals surface area (Å²) in [7, 11) is 1.34. The van der Waals surface area contributed by atoms with Crippen molar-refractivity contribution in [1.82, 2.24) is 14.9 Å². The van der Waals surface area contributed by atoms with E-state index in [1.165, 1.54) is 31.0 Å². The molecule has 0 aliphatic rings. The first-order valence-corrected chi connectivity index (χ1v) is 15.4. The number of amides is 1. The highest BCUT2D eigenvalue weighted by Gasteiger charge is 2.24. The number of benzene rings is 2. The van der Waals surface area contributed by atoms with Gasteiger partial charge in [0.05, 0.1) is 55.4 Å². The van der Waals surface area contributed by atoms with E-state index in [2.05, 4.69) is 10.3 Å². The summed E-state index contributed by atoms with van der Waals surface area (Å²) >= 11 is 1.42. The summed E-state index contributed by atoms with van der Waals surface area (Å²) in [6.45, 7) is 8.49. The highest BCUT2D eigenvalue weighted by molar-refractivity contribution is 8.00. The van der Waals surface area contributed by atoms with E-state index < -0.39 is 11.8 Å². The van der Waals surface area contributed by atoms with Crippen molar-refractivity contribution in [1.29, 1.82) is 0 Å². The van der Waals surface area contributed by atoms with E-state index in [1.54, 1.807) is 34.9 Å². The summed E-state index contributed by atoms with van der Waals surface area (Å²) in [4.78, 5) is 41.2. The van der Waals surface area contributed by atoms with E-state index in [0.717, 1.165) is 5.69 Å². The molecule has 1 aromatic heterocycles. The molecule has 0 aliphatic heterocycles. The Bertz CT molecular complexity index is 1420. The van der Waals surface area contributed by atoms with Gasteiger partial charge in [-0.05, 0) is 48.9 Å². The Balaban J connectivity index is 1.87. The van der Waals surface area contributed by atoms with Gasteiger partial charge in [-0.2, -0.15) is 4.98 Å². The first-order valence-electron chi connectivity index (χ1n) is 14.4. The van der Waals surface area contributed by atoms with Gasteiger partial charge in [0.25, 0.3) is 6.01 Å². The fraction of sp³-hybridized carbons (Fsp3) is 0.438. The number of halogens is 1. The maximum absolute atomic E-state index is 15.5. The standard InChI is InChI=1S/C32H40FN3O6S/c1-6-26-27(18-34-30(38)28(16-20(3)4)43-15-14-29(37)41-5)36(32(35-26)42-7-2)19-22-13-12-21(17-25(22)33)23-10-8-9-11-24(23)31(39)40/h8-13,17,20,28H,6-7,14-16,18-19H2,1-5H3,(H,34,38)(H,39,40)/t28-/m0/s1. The maximum Gasteiger partial charge on any atom is 0.336 e. The third-order valence-electron chi connectivity index (χ3n) is 6.84. The van der Waals surface area contributed by atoms with Crippen LogP contribution in [0, 0.1) is 11.7 Å². The molecule has 0 fully saturated rings. The molecule has 1 atom stereocenters. The number of hydrogen-bond donors (Lipinski definition) is 2. The zero-order valence-electron chi connectivity index (χ0n) is 25.3. The number of imidazole rings is 1. The van der Waals surface area contributed by atoms with E-state index in [1.807, 2.05) is 27.7 Å². The van der Waals surface area contributed by atoms with Crippen LogP contribution in [0.5, 0.6) is 6.01 Å². The Hall–Kier alpha value is -3.86. The summed E-state index contributed by atoms with van der Waals surface area (Å²) in [5, 5.41) is 12.2. The Morgan fingerprint density at radius 3 is 2.51 bits per heavy atom. The van der Waals surface area contributed by atoms with Gasteiger partial charge in [0.2, 0.25) is 5.91 Å². The molecule has 0 radical (unpaired) electrons. The largest absolute Gasteiger partial charge is 0.478 e. The molecule has 3 rings (SSSR count). The van der Waals surface area contributed by atoms with Crippen molar-refractivity contribution in [2.24, 2.45) is 5.92 Å². The number of nitrogens with one attached hydrogen (secondary N) is 1. The SMILES string of the molecule is CCOc1nc(CC)c(CNC(=O)[C@H](CC(C)C)SCCC(=O)OC)n1Cc1ccc(-c2ccccc2C(=O)O)cc1F. The topological polar surface area (TPSA) is 120 Å². The molecular weight excluding hydrogens is 573 g/mol. The molecule has 0 saturated heterocycles. The van der Waals surface area contributed by atoms with Crippen LogP contribution >= 0.6 is 11.8 Å². The van der Waals surface area contributed by atoms with Crippen molar-refractivity contribution in [3.05, 3.63) is 70.8 Å². The molecule has 0 spiro atoms. The molecule has 2 N–H and O–H groups in total. The quantitative estimate of drug-likeness (QED) is 0.197. The molecule has 232 valence electrons. The average molecular weight is 614 g/mol. The Morgan fingerprint density at radius 1 is 1.14 bits per heavy atom. The van der Waals surface area contributed by atoms with Gasteiger partial charge in [-0.15, -0.1) is 11.8 Å². The van der Waals surface area contributed by atoms with Gasteiger partial charge >= 0.3 is 11.9 Å². The molecule has 11 heteroatoms. The summed E-state index contributed by atoms with van der Waals surface area (Å²) < 4.78 is 27.8. The minimum atomic E-state index is -1.09. The number of carboxylic acid groups (broad SMARTS) is 1. The van der Waals surface area contributed by atoms with Crippen molar-refractivity contribution in [2.75, 3.05) is 19.5 Å². The van der Waals surface area contributed by atoms with Gasteiger partial charge in [-0.3, -0.25) is 14.2 Å². The van der Waals surface area contributed by atoms with Crippen LogP contribution in [0.25, 0.3) is 11.1 Å². The number of carboxylic acids is 1. The smallest absolute Gasteiger partial charge is 0.336 e. The number of ether oxygens (including phenoxy) is 2. The Labute approximate surface area is 256 Å². The Morgan fingerprint density at radius 2 is 1.88 bits per heavy atom. The fourth-order valence-corrected chi connectivity index (χ4v) is 6.00. The van der Waals surface area contributed by atoms with E-state index >= 15 is 4.39 Å². The van der Waals surface area contributed by atoms with Crippen LogP contribution in [0.2, 0.25) is 0 Å². The number of carbonyl (C=O) groups excluding carboxylic acids is 2. The molecule has 3 aromatic rings. The van der Waals surface area contributed by atoms with Gasteiger partial charge in [0.1, 0.15) is 5.82 Å². The second-order valence-corrected chi connectivity index (χ2v) is 11.7. The number of aromatic carboxylic acids is 1. The first kappa shape index (κ1) is 33.6. The number of nitrogens with zero attached hydrogens (tertiary/aromatic N) is 2. The predicted molar refractivity (Wildman–Crippen MR) is 165 cm³/mol. The second kappa shape index (κ2) is 16.1. The van der Waals surface area contributed by atoms with Gasteiger partial charge in [-0.1, -0.05) is 51.1 Å². The molecule has 0 bridgehead atoms. The van der Waals surface area contributed by atoms with Crippen LogP contribution in [-0.4, -0.2) is 57.2 Å². The van der Waals surface area contributed by atoms with Crippen LogP contribution in [0.4, 0.5) is 4.39 Å². The molecule has 0 saturated carbocycles. The molecule has 43 heavy (non-hydrogen) atoms. The number of methoxy groups -OCH3 is 1.